The predicted molar refractivity (Wildman–Crippen MR) is 73.4 cm³/mol. The molecule has 5 fully saturated rings. The van der Waals surface area contributed by atoms with E-state index in [0.717, 1.165) is 24.0 Å². The Morgan fingerprint density at radius 3 is 2.11 bits per heavy atom. The first-order valence-electron chi connectivity index (χ1n) is 8.06. The SMILES string of the molecule is NC1CC2CCCC(C1)N2C1CN2CCC1CC2. The molecule has 5 aliphatic heterocycles. The molecule has 0 aromatic carbocycles. The van der Waals surface area contributed by atoms with E-state index in [1.165, 1.54) is 64.6 Å². The van der Waals surface area contributed by atoms with E-state index < -0.39 is 0 Å². The summed E-state index contributed by atoms with van der Waals surface area (Å²) >= 11 is 0. The Morgan fingerprint density at radius 1 is 0.889 bits per heavy atom. The molecule has 3 atom stereocenters. The summed E-state index contributed by atoms with van der Waals surface area (Å²) < 4.78 is 0. The van der Waals surface area contributed by atoms with Crippen molar-refractivity contribution in [2.45, 2.75) is 69.1 Å². The zero-order valence-corrected chi connectivity index (χ0v) is 11.4. The topological polar surface area (TPSA) is 32.5 Å². The molecular weight excluding hydrogens is 222 g/mol. The van der Waals surface area contributed by atoms with Gasteiger partial charge in [0.1, 0.15) is 0 Å². The van der Waals surface area contributed by atoms with Crippen LogP contribution >= 0.6 is 0 Å². The third-order valence-electron chi connectivity index (χ3n) is 6.07. The maximum absolute atomic E-state index is 6.26. The molecule has 18 heavy (non-hydrogen) atoms. The van der Waals surface area contributed by atoms with Crippen LogP contribution < -0.4 is 5.73 Å². The van der Waals surface area contributed by atoms with Crippen LogP contribution in [0.4, 0.5) is 0 Å². The second-order valence-corrected chi connectivity index (χ2v) is 7.12. The van der Waals surface area contributed by atoms with Gasteiger partial charge in [0.05, 0.1) is 0 Å². The lowest BCUT2D eigenvalue weighted by Crippen LogP contribution is -2.66. The minimum Gasteiger partial charge on any atom is -0.328 e. The molecule has 3 heteroatoms. The second-order valence-electron chi connectivity index (χ2n) is 7.12. The van der Waals surface area contributed by atoms with Crippen LogP contribution in [0.25, 0.3) is 0 Å². The van der Waals surface area contributed by atoms with Gasteiger partial charge in [-0.3, -0.25) is 4.90 Å². The largest absolute Gasteiger partial charge is 0.328 e. The van der Waals surface area contributed by atoms with E-state index in [9.17, 15) is 0 Å². The minimum absolute atomic E-state index is 0.484. The lowest BCUT2D eigenvalue weighted by atomic mass is 9.76. The van der Waals surface area contributed by atoms with Crippen LogP contribution in [0.5, 0.6) is 0 Å². The first-order chi connectivity index (χ1) is 8.81. The molecule has 0 aromatic rings. The van der Waals surface area contributed by atoms with Crippen molar-refractivity contribution in [3.05, 3.63) is 0 Å². The summed E-state index contributed by atoms with van der Waals surface area (Å²) in [6.45, 7) is 4.08. The molecule has 0 aliphatic carbocycles. The number of nitrogens with zero attached hydrogens (tertiary/aromatic N) is 2. The fourth-order valence-corrected chi connectivity index (χ4v) is 5.27. The highest BCUT2D eigenvalue weighted by molar-refractivity contribution is 5.02. The average Bonchev–Trinajstić information content (AvgIpc) is 2.39. The van der Waals surface area contributed by atoms with Crippen molar-refractivity contribution in [1.82, 2.24) is 9.80 Å². The van der Waals surface area contributed by atoms with E-state index in [-0.39, 0.29) is 0 Å². The third kappa shape index (κ3) is 1.83. The second kappa shape index (κ2) is 4.46. The summed E-state index contributed by atoms with van der Waals surface area (Å²) in [5.41, 5.74) is 6.26. The molecule has 0 radical (unpaired) electrons. The number of piperidine rings is 5. The van der Waals surface area contributed by atoms with Crippen LogP contribution in [0.3, 0.4) is 0 Å². The molecular formula is C15H27N3. The molecule has 0 aromatic heterocycles. The lowest BCUT2D eigenvalue weighted by molar-refractivity contribution is -0.0742. The standard InChI is InChI=1S/C15H27N3/c16-12-8-13-2-1-3-14(9-12)18(13)15-10-17-6-4-11(15)5-7-17/h11-15H,1-10,16H2. The van der Waals surface area contributed by atoms with Gasteiger partial charge in [-0.15, -0.1) is 0 Å². The summed E-state index contributed by atoms with van der Waals surface area (Å²) in [6, 6.07) is 2.99. The van der Waals surface area contributed by atoms with Crippen LogP contribution in [-0.2, 0) is 0 Å². The van der Waals surface area contributed by atoms with Gasteiger partial charge in [-0.2, -0.15) is 0 Å². The van der Waals surface area contributed by atoms with Crippen molar-refractivity contribution in [2.75, 3.05) is 19.6 Å². The molecule has 5 aliphatic rings. The molecule has 0 spiro atoms. The van der Waals surface area contributed by atoms with E-state index in [4.69, 9.17) is 5.73 Å². The predicted octanol–water partition coefficient (Wildman–Crippen LogP) is 1.42. The summed E-state index contributed by atoms with van der Waals surface area (Å²) in [5, 5.41) is 0. The Morgan fingerprint density at radius 2 is 1.56 bits per heavy atom. The molecule has 0 saturated carbocycles. The van der Waals surface area contributed by atoms with Crippen LogP contribution in [-0.4, -0.2) is 53.6 Å². The van der Waals surface area contributed by atoms with Gasteiger partial charge in [-0.05, 0) is 57.5 Å². The van der Waals surface area contributed by atoms with Crippen molar-refractivity contribution < 1.29 is 0 Å². The number of hydrogen-bond donors (Lipinski definition) is 1. The smallest absolute Gasteiger partial charge is 0.0258 e. The number of hydrogen-bond acceptors (Lipinski definition) is 3. The number of rotatable bonds is 1. The summed E-state index contributed by atoms with van der Waals surface area (Å²) in [6.07, 6.45) is 9.69. The van der Waals surface area contributed by atoms with E-state index in [1.54, 1.807) is 0 Å². The van der Waals surface area contributed by atoms with E-state index >= 15 is 0 Å². The molecule has 102 valence electrons. The van der Waals surface area contributed by atoms with E-state index in [0.29, 0.717) is 6.04 Å². The summed E-state index contributed by atoms with van der Waals surface area (Å²) in [7, 11) is 0. The highest BCUT2D eigenvalue weighted by Crippen LogP contribution is 2.40. The quantitative estimate of drug-likeness (QED) is 0.763. The Bertz CT molecular complexity index is 297. The molecule has 5 heterocycles. The Hall–Kier alpha value is -0.120. The molecule has 3 unspecified atom stereocenters. The van der Waals surface area contributed by atoms with Gasteiger partial charge in [-0.25, -0.2) is 0 Å². The summed E-state index contributed by atoms with van der Waals surface area (Å²) in [5.74, 6) is 0.993. The lowest BCUT2D eigenvalue weighted by Gasteiger charge is -2.57. The monoisotopic (exact) mass is 249 g/mol. The van der Waals surface area contributed by atoms with Gasteiger partial charge >= 0.3 is 0 Å². The summed E-state index contributed by atoms with van der Waals surface area (Å²) in [4.78, 5) is 5.65. The van der Waals surface area contributed by atoms with Gasteiger partial charge < -0.3 is 10.6 Å². The number of fused-ring (bicyclic) bond motifs is 6. The molecule has 3 nitrogen and oxygen atoms in total. The van der Waals surface area contributed by atoms with Crippen molar-refractivity contribution >= 4 is 0 Å². The van der Waals surface area contributed by atoms with Crippen LogP contribution in [0, 0.1) is 5.92 Å². The molecule has 0 amide bonds. The zero-order chi connectivity index (χ0) is 12.1. The van der Waals surface area contributed by atoms with E-state index in [1.807, 2.05) is 0 Å². The molecule has 5 saturated heterocycles. The van der Waals surface area contributed by atoms with Gasteiger partial charge in [0.25, 0.3) is 0 Å². The highest BCUT2D eigenvalue weighted by atomic mass is 15.3. The van der Waals surface area contributed by atoms with Crippen LogP contribution in [0.2, 0.25) is 0 Å². The maximum atomic E-state index is 6.26. The van der Waals surface area contributed by atoms with Crippen molar-refractivity contribution in [2.24, 2.45) is 11.7 Å². The minimum atomic E-state index is 0.484. The van der Waals surface area contributed by atoms with Crippen molar-refractivity contribution in [3.63, 3.8) is 0 Å². The zero-order valence-electron chi connectivity index (χ0n) is 11.4. The third-order valence-corrected chi connectivity index (χ3v) is 6.07. The van der Waals surface area contributed by atoms with Gasteiger partial charge in [-0.1, -0.05) is 6.42 Å². The molecule has 4 bridgehead atoms. The van der Waals surface area contributed by atoms with E-state index in [2.05, 4.69) is 9.80 Å². The Labute approximate surface area is 111 Å². The molecule has 5 rings (SSSR count). The fourth-order valence-electron chi connectivity index (χ4n) is 5.27. The van der Waals surface area contributed by atoms with Crippen LogP contribution in [0.1, 0.15) is 44.9 Å². The molecule has 2 N–H and O–H groups in total. The fraction of sp³-hybridized carbons (Fsp3) is 1.00. The highest BCUT2D eigenvalue weighted by Gasteiger charge is 2.46. The number of nitrogens with two attached hydrogens (primary N) is 1. The van der Waals surface area contributed by atoms with Gasteiger partial charge in [0, 0.05) is 30.7 Å². The Kier molecular flexibility index (Phi) is 2.90. The van der Waals surface area contributed by atoms with Gasteiger partial charge in [0.15, 0.2) is 0 Å². The first kappa shape index (κ1) is 11.7. The Balaban J connectivity index is 1.56. The van der Waals surface area contributed by atoms with Crippen molar-refractivity contribution in [3.8, 4) is 0 Å². The first-order valence-corrected chi connectivity index (χ1v) is 8.06. The average molecular weight is 249 g/mol. The van der Waals surface area contributed by atoms with Gasteiger partial charge in [0.2, 0.25) is 0 Å². The normalized spacial score (nSPS) is 52.5. The maximum Gasteiger partial charge on any atom is 0.0258 e. The van der Waals surface area contributed by atoms with Crippen LogP contribution in [0.15, 0.2) is 0 Å². The van der Waals surface area contributed by atoms with Crippen molar-refractivity contribution in [1.29, 1.82) is 0 Å².